The zero-order chi connectivity index (χ0) is 26.0. The molecule has 3 aliphatic heterocycles. The lowest BCUT2D eigenvalue weighted by Crippen LogP contribution is -3.00. The van der Waals surface area contributed by atoms with E-state index in [1.54, 1.807) is 6.08 Å². The highest BCUT2D eigenvalue weighted by atomic mass is 35.5. The summed E-state index contributed by atoms with van der Waals surface area (Å²) in [5.74, 6) is -1.10. The van der Waals surface area contributed by atoms with Crippen molar-refractivity contribution in [3.63, 3.8) is 0 Å². The minimum absolute atomic E-state index is 0. The molecule has 0 radical (unpaired) electrons. The maximum Gasteiger partial charge on any atom is 0.303 e. The van der Waals surface area contributed by atoms with Gasteiger partial charge in [-0.2, -0.15) is 0 Å². The summed E-state index contributed by atoms with van der Waals surface area (Å²) in [6, 6.07) is 0. The third-order valence-electron chi connectivity index (χ3n) is 12.0. The van der Waals surface area contributed by atoms with Crippen molar-refractivity contribution in [2.45, 2.75) is 98.3 Å². The van der Waals surface area contributed by atoms with Crippen molar-refractivity contribution in [1.29, 1.82) is 0 Å². The molecule has 0 aromatic carbocycles. The number of hydrogen-bond acceptors (Lipinski definition) is 4. The van der Waals surface area contributed by atoms with Crippen molar-refractivity contribution in [2.75, 3.05) is 6.54 Å². The largest absolute Gasteiger partial charge is 1.00 e. The highest BCUT2D eigenvalue weighted by Gasteiger charge is 2.75. The Morgan fingerprint density at radius 1 is 1.19 bits per heavy atom. The fourth-order valence-corrected chi connectivity index (χ4v) is 10.4. The van der Waals surface area contributed by atoms with Gasteiger partial charge in [-0.25, -0.2) is 4.58 Å². The van der Waals surface area contributed by atoms with Gasteiger partial charge in [-0.15, -0.1) is 0 Å². The van der Waals surface area contributed by atoms with Gasteiger partial charge in [0.2, 0.25) is 0 Å². The fourth-order valence-electron chi connectivity index (χ4n) is 10.4. The zero-order valence-corrected chi connectivity index (χ0v) is 23.9. The van der Waals surface area contributed by atoms with Crippen LogP contribution in [0.5, 0.6) is 0 Å². The van der Waals surface area contributed by atoms with Crippen LogP contribution < -0.4 is 12.4 Å². The van der Waals surface area contributed by atoms with Crippen molar-refractivity contribution in [3.8, 4) is 0 Å². The second-order valence-corrected chi connectivity index (χ2v) is 14.1. The van der Waals surface area contributed by atoms with Crippen molar-refractivity contribution < 1.29 is 41.2 Å². The Balaban J connectivity index is 0.00000280. The minimum atomic E-state index is -0.842. The molecule has 1 spiro atoms. The predicted octanol–water partition coefficient (Wildman–Crippen LogP) is 1.65. The number of ether oxygens (including phenoxy) is 1. The molecule has 3 aliphatic carbocycles. The van der Waals surface area contributed by atoms with Crippen LogP contribution in [0.15, 0.2) is 11.6 Å². The van der Waals surface area contributed by atoms with E-state index in [0.29, 0.717) is 5.92 Å². The van der Waals surface area contributed by atoms with Gasteiger partial charge in [0, 0.05) is 42.4 Å². The Morgan fingerprint density at radius 2 is 1.89 bits per heavy atom. The quantitative estimate of drug-likeness (QED) is 0.548. The summed E-state index contributed by atoms with van der Waals surface area (Å²) in [6.45, 7) is 13.7. The molecule has 6 nitrogen and oxygen atoms in total. The first kappa shape index (κ1) is 27.1. The number of rotatable bonds is 2. The molecule has 2 saturated carbocycles. The van der Waals surface area contributed by atoms with Crippen molar-refractivity contribution >= 4 is 23.2 Å². The molecule has 2 saturated heterocycles. The lowest BCUT2D eigenvalue weighted by molar-refractivity contribution is -0.635. The number of carboxylic acids is 1. The van der Waals surface area contributed by atoms with E-state index in [-0.39, 0.29) is 65.9 Å². The molecule has 6 aliphatic rings. The first-order valence-electron chi connectivity index (χ1n) is 14.0. The van der Waals surface area contributed by atoms with E-state index >= 15 is 0 Å². The van der Waals surface area contributed by atoms with E-state index in [4.69, 9.17) is 4.74 Å². The summed E-state index contributed by atoms with van der Waals surface area (Å²) in [5.41, 5.74) is 0.466. The Bertz CT molecular complexity index is 1140. The summed E-state index contributed by atoms with van der Waals surface area (Å²) in [6.07, 6.45) is 7.25. The van der Waals surface area contributed by atoms with Crippen molar-refractivity contribution in [1.82, 2.24) is 0 Å². The van der Waals surface area contributed by atoms with Gasteiger partial charge in [-0.05, 0) is 56.4 Å². The number of hydrogen-bond donors (Lipinski definition) is 1. The van der Waals surface area contributed by atoms with Gasteiger partial charge < -0.3 is 22.3 Å². The molecule has 204 valence electrons. The Labute approximate surface area is 226 Å². The monoisotopic (exact) mass is 531 g/mol. The maximum absolute atomic E-state index is 14.3. The van der Waals surface area contributed by atoms with Crippen molar-refractivity contribution in [3.05, 3.63) is 11.6 Å². The van der Waals surface area contributed by atoms with Crippen molar-refractivity contribution in [2.24, 2.45) is 45.8 Å². The second kappa shape index (κ2) is 8.24. The molecule has 0 aromatic rings. The summed E-state index contributed by atoms with van der Waals surface area (Å²) in [7, 11) is 0. The number of carbonyl (C=O) groups excluding carboxylic acids is 2. The van der Waals surface area contributed by atoms with E-state index in [1.165, 1.54) is 5.71 Å². The smallest absolute Gasteiger partial charge is 0.303 e. The molecule has 6 rings (SSSR count). The van der Waals surface area contributed by atoms with Crippen LogP contribution in [0.3, 0.4) is 0 Å². The van der Waals surface area contributed by atoms with Crippen LogP contribution in [0.1, 0.15) is 86.5 Å². The highest BCUT2D eigenvalue weighted by Crippen LogP contribution is 2.70. The minimum Gasteiger partial charge on any atom is -1.00 e. The first-order chi connectivity index (χ1) is 16.8. The summed E-state index contributed by atoms with van der Waals surface area (Å²) >= 11 is 0. The van der Waals surface area contributed by atoms with Gasteiger partial charge in [0.05, 0.1) is 11.8 Å². The lowest BCUT2D eigenvalue weighted by atomic mass is 9.35. The SMILES string of the molecule is CC1=CC(=O)[C@@H]2[C@@H](C1)[C@]1(C)CC3=[N+]4C[C@H]5C[C@H](C)C[C@]4(CC[C@@]3(C)[C@@](C)(CC(=O)O)[C@H]1C(=O)[C@@H]2C)O5.[Cl-]. The number of ketones is 2. The van der Waals surface area contributed by atoms with Crippen LogP contribution in [0.2, 0.25) is 0 Å². The van der Waals surface area contributed by atoms with Gasteiger partial charge in [0.1, 0.15) is 11.9 Å². The number of allylic oxidation sites excluding steroid dienone is 2. The van der Waals surface area contributed by atoms with E-state index in [2.05, 4.69) is 32.3 Å². The standard InChI is InChI=1S/C30H41NO5.ClH/c1-16-10-20-24(21(32)11-16)18(3)25(35)26-27(20,4)13-22-28(5,29(26,6)14-23(33)34)7-8-30-12-17(2)9-19(36-30)15-31(22)30;/h11,17-20,24,26H,7-10,12-15H2,1-6H3;1H/t17-,18+,19+,20+,24-,26-,27-,28+,29-,30-;/m0./s1. The van der Waals surface area contributed by atoms with Crippen LogP contribution in [0.4, 0.5) is 0 Å². The van der Waals surface area contributed by atoms with Crippen LogP contribution in [-0.2, 0) is 19.1 Å². The van der Waals surface area contributed by atoms with Gasteiger partial charge in [0.25, 0.3) is 5.72 Å². The second-order valence-electron chi connectivity index (χ2n) is 14.1. The third kappa shape index (κ3) is 3.33. The Hall–Kier alpha value is -1.53. The van der Waals surface area contributed by atoms with E-state index in [1.807, 2.05) is 13.8 Å². The molecule has 37 heavy (non-hydrogen) atoms. The number of nitrogens with zero attached hydrogens (tertiary/aromatic N) is 1. The predicted molar refractivity (Wildman–Crippen MR) is 135 cm³/mol. The maximum atomic E-state index is 14.3. The molecule has 2 bridgehead atoms. The van der Waals surface area contributed by atoms with Crippen LogP contribution in [0, 0.1) is 45.8 Å². The number of carbonyl (C=O) groups is 3. The molecule has 10 atom stereocenters. The van der Waals surface area contributed by atoms with Gasteiger partial charge >= 0.3 is 5.97 Å². The van der Waals surface area contributed by atoms with Gasteiger partial charge in [0.15, 0.2) is 18.0 Å². The van der Waals surface area contributed by atoms with E-state index in [9.17, 15) is 19.5 Å². The molecule has 3 heterocycles. The highest BCUT2D eigenvalue weighted by molar-refractivity contribution is 6.02. The summed E-state index contributed by atoms with van der Waals surface area (Å²) in [4.78, 5) is 40.1. The third-order valence-corrected chi connectivity index (χ3v) is 12.0. The fraction of sp³-hybridized carbons (Fsp3) is 0.800. The van der Waals surface area contributed by atoms with E-state index in [0.717, 1.165) is 50.6 Å². The summed E-state index contributed by atoms with van der Waals surface area (Å²) in [5, 5.41) is 10.2. The Morgan fingerprint density at radius 3 is 2.57 bits per heavy atom. The van der Waals surface area contributed by atoms with Crippen LogP contribution in [-0.4, -0.2) is 51.3 Å². The number of aliphatic carboxylic acids is 1. The number of carboxylic acid groups (broad SMARTS) is 1. The van der Waals surface area contributed by atoms with Gasteiger partial charge in [-0.3, -0.25) is 14.4 Å². The normalized spacial score (nSPS) is 50.3. The summed E-state index contributed by atoms with van der Waals surface area (Å²) < 4.78 is 9.25. The molecule has 0 amide bonds. The molecular formula is C30H42ClNO5. The number of halogens is 1. The molecule has 0 aromatic heterocycles. The number of fused-ring (bicyclic) bond motifs is 5. The Kier molecular flexibility index (Phi) is 6.02. The topological polar surface area (TPSA) is 83.7 Å². The number of Topliss-reactive ketones (excluding diaryl/α,β-unsaturated/α-hetero) is 1. The first-order valence-corrected chi connectivity index (χ1v) is 14.0. The average molecular weight is 532 g/mol. The molecule has 0 unspecified atom stereocenters. The molecular weight excluding hydrogens is 490 g/mol. The van der Waals surface area contributed by atoms with E-state index < -0.39 is 22.2 Å². The van der Waals surface area contributed by atoms with Crippen LogP contribution >= 0.6 is 0 Å². The molecule has 7 heteroatoms. The zero-order valence-electron chi connectivity index (χ0n) is 23.1. The molecule has 1 N–H and O–H groups in total. The van der Waals surface area contributed by atoms with Crippen LogP contribution in [0.25, 0.3) is 0 Å². The molecule has 4 fully saturated rings. The lowest BCUT2D eigenvalue weighted by Gasteiger charge is -2.66. The average Bonchev–Trinajstić information content (AvgIpc) is 3.03. The van der Waals surface area contributed by atoms with Gasteiger partial charge in [-0.1, -0.05) is 33.3 Å².